The Hall–Kier alpha value is -1.34. The van der Waals surface area contributed by atoms with E-state index in [-0.39, 0.29) is 5.25 Å². The standard InChI is InChI=1S/C14H16N2O3S2/c1-9(14-15-13(16-19-14)10-7-8-10)20-11-5-3-4-6-12(11)21(2,17)18/h3-6,9-10H,7-8H2,1-2H3. The van der Waals surface area contributed by atoms with Gasteiger partial charge in [0.05, 0.1) is 10.1 Å². The molecule has 2 aromatic rings. The van der Waals surface area contributed by atoms with Crippen molar-refractivity contribution in [3.8, 4) is 0 Å². The van der Waals surface area contributed by atoms with Gasteiger partial charge in [0.15, 0.2) is 15.7 Å². The Bertz CT molecular complexity index is 751. The molecular formula is C14H16N2O3S2. The second kappa shape index (κ2) is 5.46. The van der Waals surface area contributed by atoms with Crippen LogP contribution in [-0.4, -0.2) is 24.8 Å². The van der Waals surface area contributed by atoms with E-state index in [4.69, 9.17) is 4.52 Å². The van der Waals surface area contributed by atoms with Gasteiger partial charge < -0.3 is 4.52 Å². The van der Waals surface area contributed by atoms with Gasteiger partial charge >= 0.3 is 0 Å². The van der Waals surface area contributed by atoms with Crippen molar-refractivity contribution in [3.05, 3.63) is 36.0 Å². The first-order valence-corrected chi connectivity index (χ1v) is 9.51. The van der Waals surface area contributed by atoms with Crippen LogP contribution in [0.3, 0.4) is 0 Å². The van der Waals surface area contributed by atoms with Crippen molar-refractivity contribution in [1.82, 2.24) is 10.1 Å². The van der Waals surface area contributed by atoms with Gasteiger partial charge in [-0.25, -0.2) is 8.42 Å². The van der Waals surface area contributed by atoms with Gasteiger partial charge in [0.1, 0.15) is 0 Å². The van der Waals surface area contributed by atoms with Gasteiger partial charge in [-0.1, -0.05) is 17.3 Å². The Morgan fingerprint density at radius 1 is 1.33 bits per heavy atom. The van der Waals surface area contributed by atoms with Crippen molar-refractivity contribution in [1.29, 1.82) is 0 Å². The van der Waals surface area contributed by atoms with Crippen LogP contribution in [0.5, 0.6) is 0 Å². The first-order valence-electron chi connectivity index (χ1n) is 6.74. The summed E-state index contributed by atoms with van der Waals surface area (Å²) in [7, 11) is -3.25. The van der Waals surface area contributed by atoms with E-state index in [1.54, 1.807) is 18.2 Å². The molecule has 5 nitrogen and oxygen atoms in total. The van der Waals surface area contributed by atoms with Crippen LogP contribution in [-0.2, 0) is 9.84 Å². The summed E-state index contributed by atoms with van der Waals surface area (Å²) < 4.78 is 28.9. The van der Waals surface area contributed by atoms with E-state index >= 15 is 0 Å². The molecule has 112 valence electrons. The van der Waals surface area contributed by atoms with Crippen molar-refractivity contribution >= 4 is 21.6 Å². The second-order valence-electron chi connectivity index (χ2n) is 5.24. The summed E-state index contributed by atoms with van der Waals surface area (Å²) in [6, 6.07) is 6.97. The van der Waals surface area contributed by atoms with Crippen LogP contribution < -0.4 is 0 Å². The molecule has 0 saturated heterocycles. The van der Waals surface area contributed by atoms with Crippen LogP contribution in [0, 0.1) is 0 Å². The van der Waals surface area contributed by atoms with Gasteiger partial charge in [-0.3, -0.25) is 0 Å². The van der Waals surface area contributed by atoms with Crippen LogP contribution in [0.2, 0.25) is 0 Å². The van der Waals surface area contributed by atoms with Crippen LogP contribution in [0.25, 0.3) is 0 Å². The third-order valence-electron chi connectivity index (χ3n) is 3.30. The lowest BCUT2D eigenvalue weighted by Crippen LogP contribution is -2.00. The zero-order chi connectivity index (χ0) is 15.0. The molecule has 1 fully saturated rings. The summed E-state index contributed by atoms with van der Waals surface area (Å²) >= 11 is 1.42. The quantitative estimate of drug-likeness (QED) is 0.786. The maximum absolute atomic E-state index is 11.8. The molecule has 0 N–H and O–H groups in total. The first-order chi connectivity index (χ1) is 9.95. The Morgan fingerprint density at radius 3 is 2.71 bits per heavy atom. The summed E-state index contributed by atoms with van der Waals surface area (Å²) in [5, 5.41) is 3.90. The average Bonchev–Trinajstić information content (AvgIpc) is 3.15. The molecule has 1 unspecified atom stereocenters. The van der Waals surface area contributed by atoms with Crippen molar-refractivity contribution in [3.63, 3.8) is 0 Å². The molecule has 3 rings (SSSR count). The highest BCUT2D eigenvalue weighted by atomic mass is 32.2. The summed E-state index contributed by atoms with van der Waals surface area (Å²) in [6.45, 7) is 1.94. The molecule has 1 aromatic heterocycles. The number of hydrogen-bond acceptors (Lipinski definition) is 6. The summed E-state index contributed by atoms with van der Waals surface area (Å²) in [6.07, 6.45) is 3.46. The molecule has 0 aliphatic heterocycles. The second-order valence-corrected chi connectivity index (χ2v) is 8.61. The first kappa shape index (κ1) is 14.6. The van der Waals surface area contributed by atoms with Gasteiger partial charge in [0, 0.05) is 17.1 Å². The van der Waals surface area contributed by atoms with Crippen LogP contribution in [0.1, 0.15) is 42.6 Å². The van der Waals surface area contributed by atoms with Crippen molar-refractivity contribution in [2.75, 3.05) is 6.26 Å². The minimum atomic E-state index is -3.25. The fourth-order valence-corrected chi connectivity index (χ4v) is 4.29. The normalized spacial score (nSPS) is 16.9. The highest BCUT2D eigenvalue weighted by molar-refractivity contribution is 8.00. The van der Waals surface area contributed by atoms with E-state index < -0.39 is 9.84 Å². The largest absolute Gasteiger partial charge is 0.338 e. The molecule has 1 atom stereocenters. The lowest BCUT2D eigenvalue weighted by molar-refractivity contribution is 0.375. The minimum Gasteiger partial charge on any atom is -0.338 e. The van der Waals surface area contributed by atoms with E-state index in [9.17, 15) is 8.42 Å². The van der Waals surface area contributed by atoms with Crippen LogP contribution >= 0.6 is 11.8 Å². The van der Waals surface area contributed by atoms with E-state index in [0.29, 0.717) is 21.6 Å². The molecule has 1 saturated carbocycles. The summed E-state index contributed by atoms with van der Waals surface area (Å²) in [4.78, 5) is 5.46. The molecule has 1 aromatic carbocycles. The number of rotatable bonds is 5. The summed E-state index contributed by atoms with van der Waals surface area (Å²) in [5.74, 6) is 1.77. The SMILES string of the molecule is CC(Sc1ccccc1S(C)(=O)=O)c1nc(C2CC2)no1. The lowest BCUT2D eigenvalue weighted by Gasteiger charge is -2.10. The molecule has 1 heterocycles. The fourth-order valence-electron chi connectivity index (χ4n) is 2.01. The zero-order valence-corrected chi connectivity index (χ0v) is 13.4. The smallest absolute Gasteiger partial charge is 0.239 e. The molecular weight excluding hydrogens is 308 g/mol. The number of nitrogens with zero attached hydrogens (tertiary/aromatic N) is 2. The Kier molecular flexibility index (Phi) is 3.79. The van der Waals surface area contributed by atoms with Crippen LogP contribution in [0.4, 0.5) is 0 Å². The monoisotopic (exact) mass is 324 g/mol. The molecule has 0 spiro atoms. The maximum atomic E-state index is 11.8. The lowest BCUT2D eigenvalue weighted by atomic mass is 10.4. The molecule has 0 radical (unpaired) electrons. The highest BCUT2D eigenvalue weighted by Crippen LogP contribution is 2.41. The van der Waals surface area contributed by atoms with Crippen molar-refractivity contribution < 1.29 is 12.9 Å². The van der Waals surface area contributed by atoms with Gasteiger partial charge in [0.2, 0.25) is 5.89 Å². The number of hydrogen-bond donors (Lipinski definition) is 0. The third-order valence-corrected chi connectivity index (χ3v) is 5.75. The van der Waals surface area contributed by atoms with E-state index in [0.717, 1.165) is 18.7 Å². The summed E-state index contributed by atoms with van der Waals surface area (Å²) in [5.41, 5.74) is 0. The van der Waals surface area contributed by atoms with E-state index in [1.807, 2.05) is 13.0 Å². The molecule has 1 aliphatic rings. The third kappa shape index (κ3) is 3.29. The molecule has 1 aliphatic carbocycles. The van der Waals surface area contributed by atoms with Crippen LogP contribution in [0.15, 0.2) is 38.6 Å². The average molecular weight is 324 g/mol. The van der Waals surface area contributed by atoms with E-state index in [2.05, 4.69) is 10.1 Å². The predicted molar refractivity (Wildman–Crippen MR) is 80.1 cm³/mol. The van der Waals surface area contributed by atoms with Crippen molar-refractivity contribution in [2.24, 2.45) is 0 Å². The van der Waals surface area contributed by atoms with E-state index in [1.165, 1.54) is 18.0 Å². The topological polar surface area (TPSA) is 73.1 Å². The molecule has 7 heteroatoms. The zero-order valence-electron chi connectivity index (χ0n) is 11.8. The Morgan fingerprint density at radius 2 is 2.05 bits per heavy atom. The fraction of sp³-hybridized carbons (Fsp3) is 0.429. The van der Waals surface area contributed by atoms with Gasteiger partial charge in [0.25, 0.3) is 0 Å². The number of thioether (sulfide) groups is 1. The van der Waals surface area contributed by atoms with Gasteiger partial charge in [-0.05, 0) is 31.9 Å². The maximum Gasteiger partial charge on any atom is 0.239 e. The van der Waals surface area contributed by atoms with Gasteiger partial charge in [-0.2, -0.15) is 4.98 Å². The number of benzene rings is 1. The predicted octanol–water partition coefficient (Wildman–Crippen LogP) is 3.20. The highest BCUT2D eigenvalue weighted by Gasteiger charge is 2.30. The minimum absolute atomic E-state index is 0.0899. The van der Waals surface area contributed by atoms with Crippen molar-refractivity contribution in [2.45, 2.75) is 40.7 Å². The molecule has 0 bridgehead atoms. The molecule has 0 amide bonds. The molecule has 21 heavy (non-hydrogen) atoms. The van der Waals surface area contributed by atoms with Gasteiger partial charge in [-0.15, -0.1) is 11.8 Å². The number of aromatic nitrogens is 2. The Labute approximate surface area is 128 Å². The number of sulfone groups is 1. The Balaban J connectivity index is 1.82.